The highest BCUT2D eigenvalue weighted by Crippen LogP contribution is 2.36. The Bertz CT molecular complexity index is 1170. The minimum Gasteiger partial charge on any atom is -0.370 e. The molecule has 2 aromatic rings. The van der Waals surface area contributed by atoms with Crippen molar-refractivity contribution in [1.82, 2.24) is 15.2 Å². The number of ketones is 1. The van der Waals surface area contributed by atoms with Gasteiger partial charge in [0, 0.05) is 48.7 Å². The third kappa shape index (κ3) is 6.46. The second kappa shape index (κ2) is 11.7. The van der Waals surface area contributed by atoms with Gasteiger partial charge in [-0.05, 0) is 75.0 Å². The van der Waals surface area contributed by atoms with Gasteiger partial charge in [0.2, 0.25) is 5.91 Å². The van der Waals surface area contributed by atoms with Crippen LogP contribution in [0.25, 0.3) is 0 Å². The molecule has 1 aliphatic carbocycles. The first-order valence-corrected chi connectivity index (χ1v) is 14.0. The van der Waals surface area contributed by atoms with E-state index in [9.17, 15) is 14.4 Å². The summed E-state index contributed by atoms with van der Waals surface area (Å²) < 4.78 is 0. The fraction of sp³-hybridized carbons (Fsp3) is 0.567. The fourth-order valence-corrected chi connectivity index (χ4v) is 5.66. The average molecular weight is 522 g/mol. The number of hydrogen-bond acceptors (Lipinski definition) is 5. The van der Waals surface area contributed by atoms with E-state index in [1.807, 2.05) is 31.2 Å². The zero-order valence-corrected chi connectivity index (χ0v) is 23.6. The fourth-order valence-electron chi connectivity index (χ4n) is 5.66. The summed E-state index contributed by atoms with van der Waals surface area (Å²) >= 11 is 0. The number of nitrogens with one attached hydrogen (secondary N) is 3. The normalized spacial score (nSPS) is 18.4. The van der Waals surface area contributed by atoms with Crippen LogP contribution in [0.4, 0.5) is 11.4 Å². The van der Waals surface area contributed by atoms with E-state index < -0.39 is 6.04 Å². The van der Waals surface area contributed by atoms with Crippen LogP contribution >= 0.6 is 0 Å². The van der Waals surface area contributed by atoms with Crippen LogP contribution in [0.15, 0.2) is 24.3 Å². The van der Waals surface area contributed by atoms with Crippen LogP contribution in [0.2, 0.25) is 0 Å². The molecule has 1 aromatic heterocycles. The van der Waals surface area contributed by atoms with Crippen molar-refractivity contribution in [3.8, 4) is 0 Å². The lowest BCUT2D eigenvalue weighted by Crippen LogP contribution is -2.44. The van der Waals surface area contributed by atoms with Gasteiger partial charge in [-0.25, -0.2) is 0 Å². The summed E-state index contributed by atoms with van der Waals surface area (Å²) in [5.41, 5.74) is 4.22. The van der Waals surface area contributed by atoms with Crippen molar-refractivity contribution in [2.24, 2.45) is 5.41 Å². The number of unbranched alkanes of at least 4 members (excludes halogenated alkanes) is 1. The Morgan fingerprint density at radius 2 is 1.82 bits per heavy atom. The highest BCUT2D eigenvalue weighted by molar-refractivity contribution is 6.06. The average Bonchev–Trinajstić information content (AvgIpc) is 3.03. The van der Waals surface area contributed by atoms with E-state index in [0.717, 1.165) is 56.8 Å². The summed E-state index contributed by atoms with van der Waals surface area (Å²) in [6.07, 6.45) is 4.58. The first kappa shape index (κ1) is 27.9. The number of carbonyl (C=O) groups excluding carboxylic acids is 3. The number of carbonyl (C=O) groups is 3. The Morgan fingerprint density at radius 3 is 2.53 bits per heavy atom. The van der Waals surface area contributed by atoms with Crippen molar-refractivity contribution in [2.75, 3.05) is 43.4 Å². The topological polar surface area (TPSA) is 97.5 Å². The molecule has 1 atom stereocenters. The molecule has 8 nitrogen and oxygen atoms in total. The SMILES string of the molecule is CCCCC(NC(=O)c1[nH]c2c(c1C)C(=O)CC(C)(C)C2)C(=O)Nc1ccc(N2CCCN(C)CC2)cc1. The number of hydrogen-bond donors (Lipinski definition) is 3. The lowest BCUT2D eigenvalue weighted by molar-refractivity contribution is -0.118. The monoisotopic (exact) mass is 521 g/mol. The molecule has 0 bridgehead atoms. The van der Waals surface area contributed by atoms with Gasteiger partial charge < -0.3 is 25.4 Å². The number of amides is 2. The van der Waals surface area contributed by atoms with Crippen LogP contribution in [-0.2, 0) is 11.2 Å². The number of aromatic nitrogens is 1. The zero-order valence-electron chi connectivity index (χ0n) is 23.6. The second-order valence-corrected chi connectivity index (χ2v) is 11.8. The van der Waals surface area contributed by atoms with Gasteiger partial charge in [0.1, 0.15) is 11.7 Å². The molecule has 0 spiro atoms. The Labute approximate surface area is 226 Å². The lowest BCUT2D eigenvalue weighted by Gasteiger charge is -2.28. The highest BCUT2D eigenvalue weighted by atomic mass is 16.2. The summed E-state index contributed by atoms with van der Waals surface area (Å²) in [7, 11) is 2.15. The molecule has 206 valence electrons. The smallest absolute Gasteiger partial charge is 0.268 e. The van der Waals surface area contributed by atoms with E-state index in [0.29, 0.717) is 41.8 Å². The van der Waals surface area contributed by atoms with E-state index in [1.165, 1.54) is 0 Å². The molecule has 0 radical (unpaired) electrons. The van der Waals surface area contributed by atoms with Gasteiger partial charge in [-0.3, -0.25) is 14.4 Å². The van der Waals surface area contributed by atoms with Crippen molar-refractivity contribution < 1.29 is 14.4 Å². The summed E-state index contributed by atoms with van der Waals surface area (Å²) in [4.78, 5) is 47.3. The first-order valence-electron chi connectivity index (χ1n) is 14.0. The molecule has 2 amide bonds. The molecule has 1 saturated heterocycles. The van der Waals surface area contributed by atoms with Crippen LogP contribution < -0.4 is 15.5 Å². The standard InChI is InChI=1S/C30H43N5O3/c1-6-7-9-23(33-29(38)27-20(2)26-24(32-27)18-30(3,4)19-25(26)36)28(37)31-21-10-12-22(13-11-21)35-15-8-14-34(5)16-17-35/h10-13,23,32H,6-9,14-19H2,1-5H3,(H,31,37)(H,33,38). The number of aromatic amines is 1. The molecule has 3 N–H and O–H groups in total. The second-order valence-electron chi connectivity index (χ2n) is 11.8. The molecule has 38 heavy (non-hydrogen) atoms. The predicted molar refractivity (Wildman–Crippen MR) is 152 cm³/mol. The number of likely N-dealkylation sites (N-methyl/N-ethyl adjacent to an activating group) is 1. The summed E-state index contributed by atoms with van der Waals surface area (Å²) in [5.74, 6) is -0.512. The largest absolute Gasteiger partial charge is 0.370 e. The third-order valence-corrected chi connectivity index (χ3v) is 7.82. The molecule has 8 heteroatoms. The Balaban J connectivity index is 1.44. The van der Waals surface area contributed by atoms with E-state index in [2.05, 4.69) is 53.2 Å². The number of H-pyrrole nitrogens is 1. The van der Waals surface area contributed by atoms with E-state index in [4.69, 9.17) is 0 Å². The van der Waals surface area contributed by atoms with E-state index in [-0.39, 0.29) is 23.0 Å². The molecule has 1 fully saturated rings. The maximum atomic E-state index is 13.3. The van der Waals surface area contributed by atoms with Gasteiger partial charge in [0.05, 0.1) is 0 Å². The van der Waals surface area contributed by atoms with Crippen molar-refractivity contribution in [2.45, 2.75) is 72.3 Å². The lowest BCUT2D eigenvalue weighted by atomic mass is 9.75. The molecule has 1 aliphatic heterocycles. The number of rotatable bonds is 8. The maximum absolute atomic E-state index is 13.3. The summed E-state index contributed by atoms with van der Waals surface area (Å²) in [5, 5.41) is 5.94. The number of benzene rings is 1. The molecular weight excluding hydrogens is 478 g/mol. The minimum absolute atomic E-state index is 0.0694. The van der Waals surface area contributed by atoms with Crippen molar-refractivity contribution in [3.05, 3.63) is 46.8 Å². The van der Waals surface area contributed by atoms with Gasteiger partial charge in [-0.1, -0.05) is 33.6 Å². The molecule has 1 unspecified atom stereocenters. The van der Waals surface area contributed by atoms with Gasteiger partial charge >= 0.3 is 0 Å². The predicted octanol–water partition coefficient (Wildman–Crippen LogP) is 4.55. The molecule has 4 rings (SSSR count). The number of anilines is 2. The third-order valence-electron chi connectivity index (χ3n) is 7.82. The summed E-state index contributed by atoms with van der Waals surface area (Å²) in [6.45, 7) is 12.1. The first-order chi connectivity index (χ1) is 18.1. The van der Waals surface area contributed by atoms with E-state index >= 15 is 0 Å². The molecule has 2 heterocycles. The van der Waals surface area contributed by atoms with Crippen LogP contribution in [-0.4, -0.2) is 66.8 Å². The van der Waals surface area contributed by atoms with Crippen LogP contribution in [0, 0.1) is 12.3 Å². The number of Topliss-reactive ketones (excluding diaryl/α,β-unsaturated/α-hetero) is 1. The highest BCUT2D eigenvalue weighted by Gasteiger charge is 2.35. The van der Waals surface area contributed by atoms with Gasteiger partial charge in [0.25, 0.3) is 5.91 Å². The molecule has 1 aromatic carbocycles. The Kier molecular flexibility index (Phi) is 8.61. The van der Waals surface area contributed by atoms with Gasteiger partial charge in [-0.2, -0.15) is 0 Å². The zero-order chi connectivity index (χ0) is 27.4. The Hall–Kier alpha value is -3.13. The van der Waals surface area contributed by atoms with Gasteiger partial charge in [-0.15, -0.1) is 0 Å². The van der Waals surface area contributed by atoms with Crippen LogP contribution in [0.5, 0.6) is 0 Å². The Morgan fingerprint density at radius 1 is 1.08 bits per heavy atom. The molecule has 0 saturated carbocycles. The van der Waals surface area contributed by atoms with Crippen molar-refractivity contribution >= 4 is 29.0 Å². The van der Waals surface area contributed by atoms with Crippen LogP contribution in [0.3, 0.4) is 0 Å². The van der Waals surface area contributed by atoms with Crippen molar-refractivity contribution in [3.63, 3.8) is 0 Å². The molecular formula is C30H43N5O3. The number of nitrogens with zero attached hydrogens (tertiary/aromatic N) is 2. The maximum Gasteiger partial charge on any atom is 0.268 e. The molecule has 2 aliphatic rings. The minimum atomic E-state index is -0.671. The quantitative estimate of drug-likeness (QED) is 0.474. The van der Waals surface area contributed by atoms with Crippen molar-refractivity contribution in [1.29, 1.82) is 0 Å². The van der Waals surface area contributed by atoms with Gasteiger partial charge in [0.15, 0.2) is 5.78 Å². The van der Waals surface area contributed by atoms with Crippen LogP contribution in [0.1, 0.15) is 85.0 Å². The van der Waals surface area contributed by atoms with E-state index in [1.54, 1.807) is 0 Å². The number of fused-ring (bicyclic) bond motifs is 1. The summed E-state index contributed by atoms with van der Waals surface area (Å²) in [6, 6.07) is 7.28.